The number of hydrogen-bond acceptors (Lipinski definition) is 7. The summed E-state index contributed by atoms with van der Waals surface area (Å²) in [5.74, 6) is -2.96. The molecule has 0 saturated heterocycles. The van der Waals surface area contributed by atoms with Crippen LogP contribution in [-0.2, 0) is 35.5 Å². The summed E-state index contributed by atoms with van der Waals surface area (Å²) in [6.07, 6.45) is -16.4. The van der Waals surface area contributed by atoms with Gasteiger partial charge >= 0.3 is 24.7 Å². The van der Waals surface area contributed by atoms with Crippen LogP contribution < -0.4 is 14.5 Å². The van der Waals surface area contributed by atoms with Gasteiger partial charge in [0.15, 0.2) is 0 Å². The first-order chi connectivity index (χ1) is 21.3. The second kappa shape index (κ2) is 12.7. The molecule has 1 aliphatic heterocycles. The molecule has 1 aromatic heterocycles. The minimum atomic E-state index is -5.16. The first-order valence-corrected chi connectivity index (χ1v) is 13.5. The van der Waals surface area contributed by atoms with Gasteiger partial charge in [0.1, 0.15) is 5.75 Å². The van der Waals surface area contributed by atoms with Gasteiger partial charge in [0.2, 0.25) is 5.91 Å². The van der Waals surface area contributed by atoms with Crippen LogP contribution in [-0.4, -0.2) is 49.6 Å². The fraction of sp³-hybridized carbons (Fsp3) is 0.444. The number of hydrogen-bond donors (Lipinski definition) is 1. The topological polar surface area (TPSA) is 114 Å². The summed E-state index contributed by atoms with van der Waals surface area (Å²) in [5.41, 5.74) is -3.66. The van der Waals surface area contributed by atoms with Crippen LogP contribution in [0.2, 0.25) is 0 Å². The summed E-state index contributed by atoms with van der Waals surface area (Å²) >= 11 is 0. The number of anilines is 2. The largest absolute Gasteiger partial charge is 0.573 e. The number of carbonyl (C=O) groups is 2. The number of aromatic nitrogens is 4. The summed E-state index contributed by atoms with van der Waals surface area (Å²) in [6.45, 7) is 0.967. The molecular weight excluding hydrogens is 643 g/mol. The molecule has 46 heavy (non-hydrogen) atoms. The highest BCUT2D eigenvalue weighted by atomic mass is 19.4. The van der Waals surface area contributed by atoms with Crippen molar-refractivity contribution in [3.63, 3.8) is 0 Å². The van der Waals surface area contributed by atoms with Gasteiger partial charge in [-0.2, -0.15) is 31.1 Å². The molecule has 1 amide bonds. The fourth-order valence-electron chi connectivity index (χ4n) is 5.24. The van der Waals surface area contributed by atoms with E-state index in [0.717, 1.165) is 23.0 Å². The number of aryl methyl sites for hydroxylation is 1. The van der Waals surface area contributed by atoms with Crippen molar-refractivity contribution < 1.29 is 58.9 Å². The SMILES string of the molecule is CCC1CC(N(Cc2cc(C(F)(F)F)cc(C(F)(F)F)c2)c2nnn(C)n2)c2cc(OC(F)(F)F)ccc2N1C(=O)CCC(=O)O. The van der Waals surface area contributed by atoms with Crippen molar-refractivity contribution in [2.75, 3.05) is 9.80 Å². The van der Waals surface area contributed by atoms with E-state index < -0.39 is 84.5 Å². The Bertz CT molecular complexity index is 1560. The van der Waals surface area contributed by atoms with E-state index in [9.17, 15) is 49.1 Å². The molecule has 0 fully saturated rings. The van der Waals surface area contributed by atoms with E-state index in [1.165, 1.54) is 16.8 Å². The maximum atomic E-state index is 13.7. The van der Waals surface area contributed by atoms with E-state index in [4.69, 9.17) is 5.11 Å². The average molecular weight is 669 g/mol. The van der Waals surface area contributed by atoms with Gasteiger partial charge in [-0.15, -0.1) is 18.3 Å². The van der Waals surface area contributed by atoms with E-state index >= 15 is 0 Å². The van der Waals surface area contributed by atoms with Gasteiger partial charge in [0, 0.05) is 30.3 Å². The molecule has 0 bridgehead atoms. The molecule has 10 nitrogen and oxygen atoms in total. The predicted molar refractivity (Wildman–Crippen MR) is 140 cm³/mol. The van der Waals surface area contributed by atoms with Crippen molar-refractivity contribution >= 4 is 23.5 Å². The number of benzene rings is 2. The van der Waals surface area contributed by atoms with Gasteiger partial charge in [0.05, 0.1) is 30.6 Å². The van der Waals surface area contributed by atoms with Gasteiger partial charge in [-0.05, 0) is 60.0 Å². The molecule has 2 atom stereocenters. The highest BCUT2D eigenvalue weighted by Crippen LogP contribution is 2.46. The third-order valence-electron chi connectivity index (χ3n) is 7.14. The number of alkyl halides is 9. The first-order valence-electron chi connectivity index (χ1n) is 13.5. The summed E-state index contributed by atoms with van der Waals surface area (Å²) in [4.78, 5) is 27.7. The van der Waals surface area contributed by atoms with Crippen molar-refractivity contribution in [2.24, 2.45) is 7.05 Å². The third kappa shape index (κ3) is 7.97. The molecule has 0 spiro atoms. The number of tetrazole rings is 1. The van der Waals surface area contributed by atoms with Crippen LogP contribution in [0.3, 0.4) is 0 Å². The maximum Gasteiger partial charge on any atom is 0.573 e. The molecule has 4 rings (SSSR count). The molecule has 2 heterocycles. The normalized spacial score (nSPS) is 17.1. The summed E-state index contributed by atoms with van der Waals surface area (Å²) in [5, 5.41) is 20.7. The third-order valence-corrected chi connectivity index (χ3v) is 7.14. The van der Waals surface area contributed by atoms with E-state index in [1.807, 2.05) is 0 Å². The Morgan fingerprint density at radius 3 is 2.11 bits per heavy atom. The molecule has 2 unspecified atom stereocenters. The van der Waals surface area contributed by atoms with Gasteiger partial charge in [0.25, 0.3) is 5.95 Å². The maximum absolute atomic E-state index is 13.7. The lowest BCUT2D eigenvalue weighted by atomic mass is 9.87. The standard InChI is InChI=1S/C27H25F9N6O4/c1-3-17-11-21(19-12-18(46-27(34,35)36)4-5-20(19)42(17)22(43)6-7-23(44)45)41(24-37-39-40(2)38-24)13-14-8-15(25(28,29)30)10-16(9-14)26(31,32)33/h4-5,8-10,12,17,21H,3,6-7,11,13H2,1-2H3,(H,44,45). The average Bonchev–Trinajstić information content (AvgIpc) is 3.37. The van der Waals surface area contributed by atoms with Crippen LogP contribution >= 0.6 is 0 Å². The minimum absolute atomic E-state index is 0.0296. The number of aliphatic carboxylic acids is 1. The zero-order valence-electron chi connectivity index (χ0n) is 23.9. The molecule has 0 aliphatic carbocycles. The summed E-state index contributed by atoms with van der Waals surface area (Å²) in [6, 6.07) is 2.08. The Labute approximate surface area is 254 Å². The molecule has 2 aromatic carbocycles. The van der Waals surface area contributed by atoms with E-state index in [1.54, 1.807) is 6.92 Å². The molecule has 1 aliphatic rings. The first kappa shape index (κ1) is 34.3. The van der Waals surface area contributed by atoms with Crippen LogP contribution in [0.15, 0.2) is 36.4 Å². The Balaban J connectivity index is 1.91. The Morgan fingerprint density at radius 1 is 0.978 bits per heavy atom. The molecule has 3 aromatic rings. The number of amides is 1. The van der Waals surface area contributed by atoms with E-state index in [-0.39, 0.29) is 36.1 Å². The van der Waals surface area contributed by atoms with Crippen LogP contribution in [0.25, 0.3) is 0 Å². The molecule has 250 valence electrons. The second-order valence-corrected chi connectivity index (χ2v) is 10.4. The van der Waals surface area contributed by atoms with Crippen molar-refractivity contribution in [2.45, 2.75) is 70.0 Å². The number of carboxylic acids is 1. The zero-order chi connectivity index (χ0) is 34.2. The van der Waals surface area contributed by atoms with E-state index in [2.05, 4.69) is 20.1 Å². The van der Waals surface area contributed by atoms with Crippen LogP contribution in [0.1, 0.15) is 60.9 Å². The summed E-state index contributed by atoms with van der Waals surface area (Å²) in [7, 11) is 1.34. The monoisotopic (exact) mass is 668 g/mol. The minimum Gasteiger partial charge on any atom is -0.481 e. The summed E-state index contributed by atoms with van der Waals surface area (Å²) < 4.78 is 126. The Kier molecular flexibility index (Phi) is 9.44. The quantitative estimate of drug-likeness (QED) is 0.266. The molecule has 0 radical (unpaired) electrons. The molecule has 0 saturated carbocycles. The zero-order valence-corrected chi connectivity index (χ0v) is 23.9. The molecular formula is C27H25F9N6O4. The van der Waals surface area contributed by atoms with Crippen LogP contribution in [0.4, 0.5) is 51.1 Å². The van der Waals surface area contributed by atoms with Gasteiger partial charge in [-0.1, -0.05) is 12.0 Å². The highest BCUT2D eigenvalue weighted by Gasteiger charge is 2.41. The smallest absolute Gasteiger partial charge is 0.481 e. The lowest BCUT2D eigenvalue weighted by Crippen LogP contribution is -2.48. The number of ether oxygens (including phenoxy) is 1. The number of carboxylic acid groups (broad SMARTS) is 1. The van der Waals surface area contributed by atoms with Crippen LogP contribution in [0, 0.1) is 0 Å². The van der Waals surface area contributed by atoms with Crippen molar-refractivity contribution in [3.8, 4) is 5.75 Å². The van der Waals surface area contributed by atoms with Crippen molar-refractivity contribution in [1.82, 2.24) is 20.2 Å². The fourth-order valence-corrected chi connectivity index (χ4v) is 5.24. The van der Waals surface area contributed by atoms with Crippen molar-refractivity contribution in [1.29, 1.82) is 0 Å². The van der Waals surface area contributed by atoms with Crippen molar-refractivity contribution in [3.05, 3.63) is 58.7 Å². The van der Waals surface area contributed by atoms with Gasteiger partial charge in [-0.3, -0.25) is 9.59 Å². The van der Waals surface area contributed by atoms with E-state index in [0.29, 0.717) is 12.1 Å². The molecule has 1 N–H and O–H groups in total. The highest BCUT2D eigenvalue weighted by molar-refractivity contribution is 5.97. The second-order valence-electron chi connectivity index (χ2n) is 10.4. The number of carbonyl (C=O) groups excluding carboxylic acids is 1. The Hall–Kier alpha value is -4.58. The Morgan fingerprint density at radius 2 is 1.61 bits per heavy atom. The predicted octanol–water partition coefficient (Wildman–Crippen LogP) is 6.27. The number of rotatable bonds is 9. The number of nitrogens with zero attached hydrogens (tertiary/aromatic N) is 6. The number of fused-ring (bicyclic) bond motifs is 1. The van der Waals surface area contributed by atoms with Gasteiger partial charge in [-0.25, -0.2) is 0 Å². The lowest BCUT2D eigenvalue weighted by molar-refractivity contribution is -0.274. The lowest BCUT2D eigenvalue weighted by Gasteiger charge is -2.44. The van der Waals surface area contributed by atoms with Gasteiger partial charge < -0.3 is 19.6 Å². The number of halogens is 9. The van der Waals surface area contributed by atoms with Crippen LogP contribution in [0.5, 0.6) is 5.75 Å². The molecule has 19 heteroatoms.